The molecule has 1 aromatic rings. The summed E-state index contributed by atoms with van der Waals surface area (Å²) in [6.07, 6.45) is 2.64. The van der Waals surface area contributed by atoms with Gasteiger partial charge in [-0.25, -0.2) is 0 Å². The lowest BCUT2D eigenvalue weighted by Gasteiger charge is -2.43. The largest absolute Gasteiger partial charge is 0.508 e. The van der Waals surface area contributed by atoms with Crippen molar-refractivity contribution in [3.05, 3.63) is 41.5 Å². The van der Waals surface area contributed by atoms with Crippen LogP contribution in [-0.4, -0.2) is 16.2 Å². The van der Waals surface area contributed by atoms with Crippen molar-refractivity contribution in [2.75, 3.05) is 0 Å². The number of aromatic hydroxyl groups is 1. The summed E-state index contributed by atoms with van der Waals surface area (Å²) < 4.78 is 0. The highest BCUT2D eigenvalue weighted by Gasteiger charge is 2.40. The monoisotopic (exact) mass is 274 g/mol. The number of rotatable bonds is 4. The maximum atomic E-state index is 11.0. The van der Waals surface area contributed by atoms with Crippen LogP contribution < -0.4 is 0 Å². The first kappa shape index (κ1) is 14.6. The Morgan fingerprint density at radius 2 is 2.20 bits per heavy atom. The fourth-order valence-corrected chi connectivity index (χ4v) is 3.59. The predicted octanol–water partition coefficient (Wildman–Crippen LogP) is 3.65. The molecular formula is C17H22O3. The number of allylic oxidation sites excluding steroid dienone is 1. The van der Waals surface area contributed by atoms with E-state index in [4.69, 9.17) is 5.11 Å². The van der Waals surface area contributed by atoms with Crippen molar-refractivity contribution >= 4 is 5.97 Å². The lowest BCUT2D eigenvalue weighted by molar-refractivity contribution is -0.137. The van der Waals surface area contributed by atoms with E-state index in [9.17, 15) is 9.90 Å². The van der Waals surface area contributed by atoms with E-state index in [0.29, 0.717) is 6.42 Å². The minimum Gasteiger partial charge on any atom is -0.508 e. The van der Waals surface area contributed by atoms with Gasteiger partial charge in [-0.05, 0) is 60.8 Å². The second-order valence-corrected chi connectivity index (χ2v) is 6.09. The van der Waals surface area contributed by atoms with Crippen LogP contribution in [0.1, 0.15) is 44.2 Å². The van der Waals surface area contributed by atoms with E-state index in [1.807, 2.05) is 13.0 Å². The number of hydrogen-bond donors (Lipinski definition) is 2. The Labute approximate surface area is 120 Å². The number of aryl methyl sites for hydroxylation is 1. The molecule has 1 aliphatic rings. The Morgan fingerprint density at radius 1 is 1.50 bits per heavy atom. The van der Waals surface area contributed by atoms with Gasteiger partial charge in [0.2, 0.25) is 0 Å². The van der Waals surface area contributed by atoms with E-state index in [2.05, 4.69) is 13.5 Å². The van der Waals surface area contributed by atoms with E-state index < -0.39 is 5.97 Å². The smallest absolute Gasteiger partial charge is 0.303 e. The number of phenols is 1. The zero-order chi connectivity index (χ0) is 14.9. The van der Waals surface area contributed by atoms with Crippen LogP contribution in [0.15, 0.2) is 30.4 Å². The zero-order valence-electron chi connectivity index (χ0n) is 12.1. The normalized spacial score (nSPS) is 25.0. The molecule has 3 nitrogen and oxygen atoms in total. The highest BCUT2D eigenvalue weighted by molar-refractivity contribution is 5.67. The van der Waals surface area contributed by atoms with E-state index in [0.717, 1.165) is 24.0 Å². The third kappa shape index (κ3) is 2.58. The van der Waals surface area contributed by atoms with Crippen LogP contribution >= 0.6 is 0 Å². The van der Waals surface area contributed by atoms with Gasteiger partial charge in [-0.3, -0.25) is 4.79 Å². The molecule has 2 atom stereocenters. The summed E-state index contributed by atoms with van der Waals surface area (Å²) in [6.45, 7) is 8.20. The summed E-state index contributed by atoms with van der Waals surface area (Å²) in [5.74, 6) is -0.275. The minimum absolute atomic E-state index is 0.134. The van der Waals surface area contributed by atoms with Gasteiger partial charge in [-0.1, -0.05) is 25.1 Å². The van der Waals surface area contributed by atoms with Crippen molar-refractivity contribution < 1.29 is 15.0 Å². The molecule has 108 valence electrons. The molecule has 20 heavy (non-hydrogen) atoms. The standard InChI is InChI=1S/C17H22O3/c1-11(2)14-7-5-12-4-6-13(18)10-15(12)17(14,3)9-8-16(19)20/h4,6,10,14,18H,1,5,7-9H2,2-3H3,(H,19,20). The number of phenolic OH excluding ortho intramolecular Hbond substituents is 1. The second kappa shape index (κ2) is 5.31. The minimum atomic E-state index is -0.779. The van der Waals surface area contributed by atoms with Crippen molar-refractivity contribution in [3.8, 4) is 5.75 Å². The van der Waals surface area contributed by atoms with Crippen LogP contribution in [0.25, 0.3) is 0 Å². The maximum absolute atomic E-state index is 11.0. The quantitative estimate of drug-likeness (QED) is 0.824. The molecule has 0 spiro atoms. The average molecular weight is 274 g/mol. The molecule has 0 radical (unpaired) electrons. The first-order valence-corrected chi connectivity index (χ1v) is 7.04. The molecule has 2 rings (SSSR count). The Balaban J connectivity index is 2.48. The average Bonchev–Trinajstić information content (AvgIpc) is 2.37. The van der Waals surface area contributed by atoms with E-state index in [-0.39, 0.29) is 23.5 Å². The molecule has 0 saturated carbocycles. The number of carboxylic acid groups (broad SMARTS) is 1. The molecule has 0 amide bonds. The molecular weight excluding hydrogens is 252 g/mol. The highest BCUT2D eigenvalue weighted by atomic mass is 16.4. The van der Waals surface area contributed by atoms with E-state index in [1.54, 1.807) is 12.1 Å². The number of carboxylic acids is 1. The topological polar surface area (TPSA) is 57.5 Å². The first-order valence-electron chi connectivity index (χ1n) is 7.04. The van der Waals surface area contributed by atoms with Crippen molar-refractivity contribution in [2.24, 2.45) is 5.92 Å². The summed E-state index contributed by atoms with van der Waals surface area (Å²) in [5.41, 5.74) is 3.12. The summed E-state index contributed by atoms with van der Waals surface area (Å²) in [4.78, 5) is 11.0. The summed E-state index contributed by atoms with van der Waals surface area (Å²) in [6, 6.07) is 5.46. The van der Waals surface area contributed by atoms with Gasteiger partial charge in [0.15, 0.2) is 0 Å². The van der Waals surface area contributed by atoms with Gasteiger partial charge in [0.05, 0.1) is 0 Å². The molecule has 0 aromatic heterocycles. The molecule has 2 N–H and O–H groups in total. The molecule has 2 unspecified atom stereocenters. The van der Waals surface area contributed by atoms with Crippen molar-refractivity contribution in [1.29, 1.82) is 0 Å². The van der Waals surface area contributed by atoms with Crippen LogP contribution in [0.2, 0.25) is 0 Å². The number of hydrogen-bond acceptors (Lipinski definition) is 2. The van der Waals surface area contributed by atoms with Gasteiger partial charge in [0.1, 0.15) is 5.75 Å². The molecule has 0 fully saturated rings. The number of fused-ring (bicyclic) bond motifs is 1. The Bertz CT molecular complexity index is 547. The van der Waals surface area contributed by atoms with Crippen LogP contribution in [0, 0.1) is 5.92 Å². The summed E-state index contributed by atoms with van der Waals surface area (Å²) >= 11 is 0. The third-order valence-electron chi connectivity index (χ3n) is 4.63. The van der Waals surface area contributed by atoms with Crippen molar-refractivity contribution in [2.45, 2.75) is 44.9 Å². The van der Waals surface area contributed by atoms with Gasteiger partial charge in [-0.15, -0.1) is 0 Å². The van der Waals surface area contributed by atoms with Crippen LogP contribution in [-0.2, 0) is 16.6 Å². The van der Waals surface area contributed by atoms with Crippen LogP contribution in [0.5, 0.6) is 5.75 Å². The molecule has 0 bridgehead atoms. The number of carbonyl (C=O) groups is 1. The Hall–Kier alpha value is -1.77. The molecule has 3 heteroatoms. The molecule has 0 saturated heterocycles. The van der Waals surface area contributed by atoms with Gasteiger partial charge in [-0.2, -0.15) is 0 Å². The predicted molar refractivity (Wildman–Crippen MR) is 79.0 cm³/mol. The summed E-state index contributed by atoms with van der Waals surface area (Å²) in [5, 5.41) is 18.8. The molecule has 1 aliphatic carbocycles. The number of benzene rings is 1. The van der Waals surface area contributed by atoms with E-state index >= 15 is 0 Å². The molecule has 0 aliphatic heterocycles. The fraction of sp³-hybridized carbons (Fsp3) is 0.471. The van der Waals surface area contributed by atoms with Crippen molar-refractivity contribution in [1.82, 2.24) is 0 Å². The van der Waals surface area contributed by atoms with Gasteiger partial charge < -0.3 is 10.2 Å². The fourth-order valence-electron chi connectivity index (χ4n) is 3.59. The number of aliphatic carboxylic acids is 1. The Morgan fingerprint density at radius 3 is 2.80 bits per heavy atom. The summed E-state index contributed by atoms with van der Waals surface area (Å²) in [7, 11) is 0. The zero-order valence-corrected chi connectivity index (χ0v) is 12.1. The maximum Gasteiger partial charge on any atom is 0.303 e. The van der Waals surface area contributed by atoms with Crippen LogP contribution in [0.3, 0.4) is 0 Å². The molecule has 0 heterocycles. The Kier molecular flexibility index (Phi) is 3.89. The lowest BCUT2D eigenvalue weighted by atomic mass is 9.60. The third-order valence-corrected chi connectivity index (χ3v) is 4.63. The lowest BCUT2D eigenvalue weighted by Crippen LogP contribution is -2.38. The van der Waals surface area contributed by atoms with Gasteiger partial charge in [0, 0.05) is 6.42 Å². The first-order chi connectivity index (χ1) is 9.34. The van der Waals surface area contributed by atoms with Gasteiger partial charge in [0.25, 0.3) is 0 Å². The van der Waals surface area contributed by atoms with Crippen LogP contribution in [0.4, 0.5) is 0 Å². The van der Waals surface area contributed by atoms with Gasteiger partial charge >= 0.3 is 5.97 Å². The van der Waals surface area contributed by atoms with E-state index in [1.165, 1.54) is 5.56 Å². The SMILES string of the molecule is C=C(C)C1CCc2ccc(O)cc2C1(C)CCC(=O)O. The van der Waals surface area contributed by atoms with Crippen molar-refractivity contribution in [3.63, 3.8) is 0 Å². The second-order valence-electron chi connectivity index (χ2n) is 6.09. The molecule has 1 aromatic carbocycles. The highest BCUT2D eigenvalue weighted by Crippen LogP contribution is 2.48.